The second kappa shape index (κ2) is 6.26. The molecule has 1 heterocycles. The van der Waals surface area contributed by atoms with Crippen molar-refractivity contribution >= 4 is 17.7 Å². The van der Waals surface area contributed by atoms with Gasteiger partial charge in [-0.25, -0.2) is 0 Å². The topological polar surface area (TPSA) is 27.6 Å². The number of rotatable bonds is 2. The molecule has 1 N–H and O–H groups in total. The molecule has 1 rings (SSSR count). The molecule has 0 amide bonds. The van der Waals surface area contributed by atoms with Gasteiger partial charge in [-0.3, -0.25) is 4.99 Å². The van der Waals surface area contributed by atoms with Crippen LogP contribution >= 0.6 is 11.8 Å². The third-order valence-corrected chi connectivity index (χ3v) is 3.05. The molecule has 0 unspecified atom stereocenters. The highest BCUT2D eigenvalue weighted by molar-refractivity contribution is 7.99. The van der Waals surface area contributed by atoms with Gasteiger partial charge in [0.25, 0.3) is 0 Å². The van der Waals surface area contributed by atoms with Gasteiger partial charge in [0.05, 0.1) is 0 Å². The first-order valence-corrected chi connectivity index (χ1v) is 6.92. The molecule has 0 spiro atoms. The molecule has 0 aromatic heterocycles. The standard InChI is InChI=1S/C11H23N3S/c1-9(2)12-11(13-10(3)4)14-5-7-15-8-6-14/h9-10H,5-8H2,1-4H3,(H,12,13). The Kier molecular flexibility index (Phi) is 5.29. The van der Waals surface area contributed by atoms with E-state index in [0.29, 0.717) is 12.1 Å². The molecule has 15 heavy (non-hydrogen) atoms. The highest BCUT2D eigenvalue weighted by Crippen LogP contribution is 2.09. The average Bonchev–Trinajstić information content (AvgIpc) is 2.17. The van der Waals surface area contributed by atoms with E-state index in [2.05, 4.69) is 42.9 Å². The Bertz CT molecular complexity index is 208. The predicted octanol–water partition coefficient (Wildman–Crippen LogP) is 1.80. The number of aliphatic imine (C=N–C) groups is 1. The lowest BCUT2D eigenvalue weighted by molar-refractivity contribution is 0.433. The largest absolute Gasteiger partial charge is 0.354 e. The van der Waals surface area contributed by atoms with Crippen molar-refractivity contribution in [3.8, 4) is 0 Å². The van der Waals surface area contributed by atoms with Gasteiger partial charge < -0.3 is 10.2 Å². The quantitative estimate of drug-likeness (QED) is 0.578. The van der Waals surface area contributed by atoms with Crippen LogP contribution in [-0.2, 0) is 0 Å². The Balaban J connectivity index is 2.61. The maximum Gasteiger partial charge on any atom is 0.194 e. The van der Waals surface area contributed by atoms with E-state index in [4.69, 9.17) is 0 Å². The van der Waals surface area contributed by atoms with Crippen molar-refractivity contribution in [2.75, 3.05) is 24.6 Å². The Morgan fingerprint density at radius 3 is 2.27 bits per heavy atom. The molecule has 4 heteroatoms. The fraction of sp³-hybridized carbons (Fsp3) is 0.909. The summed E-state index contributed by atoms with van der Waals surface area (Å²) < 4.78 is 0. The number of hydrogen-bond acceptors (Lipinski definition) is 2. The second-order valence-corrected chi connectivity index (χ2v) is 5.67. The Morgan fingerprint density at radius 2 is 1.80 bits per heavy atom. The van der Waals surface area contributed by atoms with Crippen molar-refractivity contribution < 1.29 is 0 Å². The zero-order valence-corrected chi connectivity index (χ0v) is 11.1. The lowest BCUT2D eigenvalue weighted by atomic mass is 10.4. The highest BCUT2D eigenvalue weighted by atomic mass is 32.2. The monoisotopic (exact) mass is 229 g/mol. The lowest BCUT2D eigenvalue weighted by Crippen LogP contribution is -2.48. The second-order valence-electron chi connectivity index (χ2n) is 4.44. The molecule has 0 bridgehead atoms. The van der Waals surface area contributed by atoms with Crippen molar-refractivity contribution in [2.45, 2.75) is 39.8 Å². The first-order chi connectivity index (χ1) is 7.09. The number of guanidine groups is 1. The summed E-state index contributed by atoms with van der Waals surface area (Å²) in [7, 11) is 0. The fourth-order valence-electron chi connectivity index (χ4n) is 1.49. The minimum atomic E-state index is 0.362. The van der Waals surface area contributed by atoms with Gasteiger partial charge in [0.1, 0.15) is 0 Å². The number of nitrogens with one attached hydrogen (secondary N) is 1. The van der Waals surface area contributed by atoms with Crippen LogP contribution in [0.1, 0.15) is 27.7 Å². The van der Waals surface area contributed by atoms with E-state index >= 15 is 0 Å². The van der Waals surface area contributed by atoms with Gasteiger partial charge in [-0.2, -0.15) is 11.8 Å². The maximum absolute atomic E-state index is 4.66. The molecule has 1 saturated heterocycles. The van der Waals surface area contributed by atoms with Crippen molar-refractivity contribution in [1.82, 2.24) is 10.2 Å². The maximum atomic E-state index is 4.66. The molecular weight excluding hydrogens is 206 g/mol. The van der Waals surface area contributed by atoms with Crippen molar-refractivity contribution in [2.24, 2.45) is 4.99 Å². The lowest BCUT2D eigenvalue weighted by Gasteiger charge is -2.31. The Hall–Kier alpha value is -0.380. The Morgan fingerprint density at radius 1 is 1.20 bits per heavy atom. The molecule has 1 fully saturated rings. The summed E-state index contributed by atoms with van der Waals surface area (Å²) in [5.41, 5.74) is 0. The zero-order chi connectivity index (χ0) is 11.3. The van der Waals surface area contributed by atoms with Crippen molar-refractivity contribution in [1.29, 1.82) is 0 Å². The molecule has 0 aliphatic carbocycles. The van der Waals surface area contributed by atoms with Crippen molar-refractivity contribution in [3.05, 3.63) is 0 Å². The van der Waals surface area contributed by atoms with E-state index in [1.165, 1.54) is 11.5 Å². The van der Waals surface area contributed by atoms with E-state index in [0.717, 1.165) is 19.0 Å². The summed E-state index contributed by atoms with van der Waals surface area (Å²) in [6, 6.07) is 0.818. The normalized spacial score (nSPS) is 18.8. The zero-order valence-electron chi connectivity index (χ0n) is 10.3. The van der Waals surface area contributed by atoms with Crippen LogP contribution in [0, 0.1) is 0 Å². The first kappa shape index (κ1) is 12.7. The van der Waals surface area contributed by atoms with Crippen LogP contribution in [0.25, 0.3) is 0 Å². The summed E-state index contributed by atoms with van der Waals surface area (Å²) in [6.45, 7) is 10.8. The molecule has 3 nitrogen and oxygen atoms in total. The van der Waals surface area contributed by atoms with Crippen LogP contribution in [0.5, 0.6) is 0 Å². The fourth-order valence-corrected chi connectivity index (χ4v) is 2.39. The summed E-state index contributed by atoms with van der Waals surface area (Å²) >= 11 is 2.03. The van der Waals surface area contributed by atoms with Gasteiger partial charge in [-0.1, -0.05) is 0 Å². The van der Waals surface area contributed by atoms with E-state index in [1.54, 1.807) is 0 Å². The smallest absolute Gasteiger partial charge is 0.194 e. The first-order valence-electron chi connectivity index (χ1n) is 5.76. The molecule has 1 aliphatic rings. The SMILES string of the molecule is CC(C)N=C(NC(C)C)N1CCSCC1. The minimum Gasteiger partial charge on any atom is -0.354 e. The van der Waals surface area contributed by atoms with Crippen LogP contribution in [0.2, 0.25) is 0 Å². The van der Waals surface area contributed by atoms with Gasteiger partial charge in [0.2, 0.25) is 0 Å². The van der Waals surface area contributed by atoms with E-state index in [9.17, 15) is 0 Å². The summed E-state index contributed by atoms with van der Waals surface area (Å²) in [5.74, 6) is 3.52. The van der Waals surface area contributed by atoms with Crippen LogP contribution in [0.3, 0.4) is 0 Å². The van der Waals surface area contributed by atoms with Gasteiger partial charge in [0, 0.05) is 36.7 Å². The van der Waals surface area contributed by atoms with Crippen LogP contribution in [0.15, 0.2) is 4.99 Å². The van der Waals surface area contributed by atoms with Crippen LogP contribution in [-0.4, -0.2) is 47.5 Å². The molecule has 0 aromatic rings. The molecule has 0 radical (unpaired) electrons. The molecule has 1 aliphatic heterocycles. The van der Waals surface area contributed by atoms with Gasteiger partial charge in [-0.05, 0) is 27.7 Å². The van der Waals surface area contributed by atoms with Crippen LogP contribution < -0.4 is 5.32 Å². The van der Waals surface area contributed by atoms with Crippen LogP contribution in [0.4, 0.5) is 0 Å². The van der Waals surface area contributed by atoms with Gasteiger partial charge in [-0.15, -0.1) is 0 Å². The predicted molar refractivity (Wildman–Crippen MR) is 69.7 cm³/mol. The molecule has 88 valence electrons. The summed E-state index contributed by atoms with van der Waals surface area (Å²) in [6.07, 6.45) is 0. The minimum absolute atomic E-state index is 0.362. The highest BCUT2D eigenvalue weighted by Gasteiger charge is 2.15. The molecular formula is C11H23N3S. The van der Waals surface area contributed by atoms with Gasteiger partial charge in [0.15, 0.2) is 5.96 Å². The van der Waals surface area contributed by atoms with Crippen molar-refractivity contribution in [3.63, 3.8) is 0 Å². The average molecular weight is 229 g/mol. The van der Waals surface area contributed by atoms with E-state index in [-0.39, 0.29) is 0 Å². The third-order valence-electron chi connectivity index (χ3n) is 2.11. The van der Waals surface area contributed by atoms with Gasteiger partial charge >= 0.3 is 0 Å². The molecule has 0 atom stereocenters. The van der Waals surface area contributed by atoms with E-state index < -0.39 is 0 Å². The molecule has 0 saturated carbocycles. The molecule has 0 aromatic carbocycles. The number of hydrogen-bond donors (Lipinski definition) is 1. The number of thioether (sulfide) groups is 1. The number of nitrogens with zero attached hydrogens (tertiary/aromatic N) is 2. The summed E-state index contributed by atoms with van der Waals surface area (Å²) in [4.78, 5) is 7.03. The Labute approximate surface area is 97.7 Å². The summed E-state index contributed by atoms with van der Waals surface area (Å²) in [5, 5.41) is 3.45. The van der Waals surface area contributed by atoms with E-state index in [1.807, 2.05) is 11.8 Å². The third kappa shape index (κ3) is 4.78.